The number of fused-ring (bicyclic) bond motifs is 1. The molecule has 3 aromatic rings. The van der Waals surface area contributed by atoms with Gasteiger partial charge in [-0.1, -0.05) is 25.4 Å². The molecule has 0 fully saturated rings. The standard InChI is InChI=1S/C21H18ClFN4O2/c1-10(2)19-18(26-20-15-6-12(28)7-17(15)24-9-25-20)8-14(21(29)27-19)13-5-11(22)3-4-16(13)23/h3-5,8-10H,6-7H2,1-2H3,(H,27,29)(H,24,25,26). The van der Waals surface area contributed by atoms with Crippen molar-refractivity contribution in [1.82, 2.24) is 15.0 Å². The number of benzene rings is 1. The Morgan fingerprint density at radius 1 is 1.14 bits per heavy atom. The first-order valence-electron chi connectivity index (χ1n) is 9.17. The fourth-order valence-electron chi connectivity index (χ4n) is 3.48. The molecular formula is C21H18ClFN4O2. The molecule has 0 spiro atoms. The van der Waals surface area contributed by atoms with Gasteiger partial charge in [0.2, 0.25) is 0 Å². The fourth-order valence-corrected chi connectivity index (χ4v) is 3.65. The predicted molar refractivity (Wildman–Crippen MR) is 109 cm³/mol. The maximum Gasteiger partial charge on any atom is 0.256 e. The van der Waals surface area contributed by atoms with Gasteiger partial charge in [0.25, 0.3) is 5.56 Å². The molecule has 8 heteroatoms. The highest BCUT2D eigenvalue weighted by molar-refractivity contribution is 6.30. The lowest BCUT2D eigenvalue weighted by molar-refractivity contribution is -0.117. The van der Waals surface area contributed by atoms with E-state index in [-0.39, 0.29) is 35.7 Å². The van der Waals surface area contributed by atoms with Crippen LogP contribution < -0.4 is 10.9 Å². The third-order valence-corrected chi connectivity index (χ3v) is 5.13. The number of carbonyl (C=O) groups excluding carboxylic acids is 1. The number of Topliss-reactive ketones (excluding diaryl/α,β-unsaturated/α-hetero) is 1. The van der Waals surface area contributed by atoms with E-state index in [1.807, 2.05) is 13.8 Å². The van der Waals surface area contributed by atoms with Crippen LogP contribution in [-0.2, 0) is 17.6 Å². The van der Waals surface area contributed by atoms with Crippen LogP contribution >= 0.6 is 11.6 Å². The molecule has 0 bridgehead atoms. The number of ketones is 1. The summed E-state index contributed by atoms with van der Waals surface area (Å²) in [6, 6.07) is 5.66. The Balaban J connectivity index is 1.85. The Bertz CT molecular complexity index is 1190. The summed E-state index contributed by atoms with van der Waals surface area (Å²) >= 11 is 6.00. The summed E-state index contributed by atoms with van der Waals surface area (Å²) in [5, 5.41) is 3.55. The summed E-state index contributed by atoms with van der Waals surface area (Å²) in [7, 11) is 0. The van der Waals surface area contributed by atoms with E-state index in [1.54, 1.807) is 6.07 Å². The van der Waals surface area contributed by atoms with Crippen molar-refractivity contribution in [3.8, 4) is 11.1 Å². The maximum absolute atomic E-state index is 14.4. The summed E-state index contributed by atoms with van der Waals surface area (Å²) in [6.45, 7) is 3.87. The van der Waals surface area contributed by atoms with Gasteiger partial charge in [-0.05, 0) is 30.2 Å². The molecule has 2 N–H and O–H groups in total. The van der Waals surface area contributed by atoms with Crippen molar-refractivity contribution < 1.29 is 9.18 Å². The predicted octanol–water partition coefficient (Wildman–Crippen LogP) is 4.16. The molecule has 1 aromatic carbocycles. The highest BCUT2D eigenvalue weighted by atomic mass is 35.5. The fraction of sp³-hybridized carbons (Fsp3) is 0.238. The summed E-state index contributed by atoms with van der Waals surface area (Å²) in [5.41, 5.74) is 2.52. The topological polar surface area (TPSA) is 87.7 Å². The number of carbonyl (C=O) groups is 1. The summed E-state index contributed by atoms with van der Waals surface area (Å²) in [5.74, 6) is 0.0275. The Hall–Kier alpha value is -3.06. The summed E-state index contributed by atoms with van der Waals surface area (Å²) in [6.07, 6.45) is 1.95. The molecule has 1 aliphatic rings. The number of nitrogens with one attached hydrogen (secondary N) is 2. The molecule has 0 unspecified atom stereocenters. The number of pyridine rings is 1. The zero-order valence-electron chi connectivity index (χ0n) is 15.8. The van der Waals surface area contributed by atoms with Gasteiger partial charge in [-0.25, -0.2) is 14.4 Å². The summed E-state index contributed by atoms with van der Waals surface area (Å²) < 4.78 is 14.4. The van der Waals surface area contributed by atoms with Crippen molar-refractivity contribution in [3.63, 3.8) is 0 Å². The van der Waals surface area contributed by atoms with Gasteiger partial charge in [0.05, 0.1) is 16.9 Å². The molecule has 2 heterocycles. The van der Waals surface area contributed by atoms with Crippen LogP contribution in [0, 0.1) is 5.82 Å². The number of H-pyrrole nitrogens is 1. The van der Waals surface area contributed by atoms with Crippen LogP contribution in [0.5, 0.6) is 0 Å². The van der Waals surface area contributed by atoms with Crippen LogP contribution in [0.1, 0.15) is 36.7 Å². The van der Waals surface area contributed by atoms with Crippen molar-refractivity contribution >= 4 is 28.9 Å². The van der Waals surface area contributed by atoms with E-state index in [4.69, 9.17) is 11.6 Å². The van der Waals surface area contributed by atoms with Crippen molar-refractivity contribution in [2.75, 3.05) is 5.32 Å². The van der Waals surface area contributed by atoms with E-state index in [9.17, 15) is 14.0 Å². The third-order valence-electron chi connectivity index (χ3n) is 4.89. The lowest BCUT2D eigenvalue weighted by Gasteiger charge is -2.17. The molecule has 0 radical (unpaired) electrons. The number of nitrogens with zero attached hydrogens (tertiary/aromatic N) is 2. The number of aromatic nitrogens is 3. The second-order valence-electron chi connectivity index (χ2n) is 7.28. The lowest BCUT2D eigenvalue weighted by atomic mass is 10.0. The highest BCUT2D eigenvalue weighted by Crippen LogP contribution is 2.32. The molecule has 1 aliphatic carbocycles. The van der Waals surface area contributed by atoms with E-state index >= 15 is 0 Å². The van der Waals surface area contributed by atoms with Crippen molar-refractivity contribution in [2.45, 2.75) is 32.6 Å². The normalized spacial score (nSPS) is 13.1. The SMILES string of the molecule is CC(C)c1[nH]c(=O)c(-c2cc(Cl)ccc2F)cc1Nc1ncnc2c1CC(=O)C2. The van der Waals surface area contributed by atoms with Crippen LogP contribution in [0.3, 0.4) is 0 Å². The Labute approximate surface area is 171 Å². The molecular weight excluding hydrogens is 395 g/mol. The molecule has 0 amide bonds. The average molecular weight is 413 g/mol. The van der Waals surface area contributed by atoms with Crippen LogP contribution in [0.4, 0.5) is 15.9 Å². The minimum Gasteiger partial charge on any atom is -0.338 e. The largest absolute Gasteiger partial charge is 0.338 e. The Morgan fingerprint density at radius 2 is 1.93 bits per heavy atom. The zero-order valence-corrected chi connectivity index (χ0v) is 16.6. The lowest BCUT2D eigenvalue weighted by Crippen LogP contribution is -2.16. The second-order valence-corrected chi connectivity index (χ2v) is 7.72. The van der Waals surface area contributed by atoms with Crippen molar-refractivity contribution in [3.05, 3.63) is 68.7 Å². The van der Waals surface area contributed by atoms with Crippen LogP contribution in [-0.4, -0.2) is 20.7 Å². The number of rotatable bonds is 4. The molecule has 148 valence electrons. The first-order valence-corrected chi connectivity index (χ1v) is 9.55. The molecule has 6 nitrogen and oxygen atoms in total. The van der Waals surface area contributed by atoms with Gasteiger partial charge in [0.1, 0.15) is 23.7 Å². The van der Waals surface area contributed by atoms with E-state index in [1.165, 1.54) is 24.5 Å². The first kappa shape index (κ1) is 19.3. The first-order chi connectivity index (χ1) is 13.8. The monoisotopic (exact) mass is 412 g/mol. The van der Waals surface area contributed by atoms with Gasteiger partial charge in [-0.15, -0.1) is 0 Å². The smallest absolute Gasteiger partial charge is 0.256 e. The average Bonchev–Trinajstić information content (AvgIpc) is 3.06. The van der Waals surface area contributed by atoms with Crippen LogP contribution in [0.25, 0.3) is 11.1 Å². The minimum absolute atomic E-state index is 0.0139. The molecule has 0 saturated carbocycles. The van der Waals surface area contributed by atoms with Gasteiger partial charge in [0.15, 0.2) is 0 Å². The second kappa shape index (κ2) is 7.40. The number of anilines is 2. The molecule has 0 aliphatic heterocycles. The van der Waals surface area contributed by atoms with E-state index < -0.39 is 11.4 Å². The van der Waals surface area contributed by atoms with E-state index in [0.717, 1.165) is 5.56 Å². The Morgan fingerprint density at radius 3 is 2.69 bits per heavy atom. The van der Waals surface area contributed by atoms with Crippen molar-refractivity contribution in [1.29, 1.82) is 0 Å². The van der Waals surface area contributed by atoms with Gasteiger partial charge in [0, 0.05) is 34.7 Å². The number of halogens is 2. The van der Waals surface area contributed by atoms with Gasteiger partial charge >= 0.3 is 0 Å². The molecule has 2 aromatic heterocycles. The molecule has 0 atom stereocenters. The van der Waals surface area contributed by atoms with E-state index in [0.29, 0.717) is 27.9 Å². The van der Waals surface area contributed by atoms with Gasteiger partial charge in [-0.3, -0.25) is 9.59 Å². The maximum atomic E-state index is 14.4. The van der Waals surface area contributed by atoms with Gasteiger partial charge < -0.3 is 10.3 Å². The number of hydrogen-bond donors (Lipinski definition) is 2. The quantitative estimate of drug-likeness (QED) is 0.671. The molecule has 0 saturated heterocycles. The number of aromatic amines is 1. The van der Waals surface area contributed by atoms with Crippen LogP contribution in [0.2, 0.25) is 5.02 Å². The van der Waals surface area contributed by atoms with Crippen LogP contribution in [0.15, 0.2) is 35.4 Å². The van der Waals surface area contributed by atoms with Crippen molar-refractivity contribution in [2.24, 2.45) is 0 Å². The zero-order chi connectivity index (χ0) is 20.7. The molecule has 29 heavy (non-hydrogen) atoms. The third kappa shape index (κ3) is 3.65. The summed E-state index contributed by atoms with van der Waals surface area (Å²) in [4.78, 5) is 35.8. The van der Waals surface area contributed by atoms with E-state index in [2.05, 4.69) is 20.3 Å². The minimum atomic E-state index is -0.545. The highest BCUT2D eigenvalue weighted by Gasteiger charge is 2.24. The Kier molecular flexibility index (Phi) is 4.92. The molecule has 4 rings (SSSR count). The number of hydrogen-bond acceptors (Lipinski definition) is 5. The van der Waals surface area contributed by atoms with Gasteiger partial charge in [-0.2, -0.15) is 0 Å².